The van der Waals surface area contributed by atoms with Gasteiger partial charge in [-0.05, 0) is 31.0 Å². The lowest BCUT2D eigenvalue weighted by molar-refractivity contribution is 0.617. The van der Waals surface area contributed by atoms with E-state index >= 15 is 0 Å². The first-order valence-corrected chi connectivity index (χ1v) is 5.87. The summed E-state index contributed by atoms with van der Waals surface area (Å²) in [6.45, 7) is 2.06. The number of rotatable bonds is 2. The zero-order valence-corrected chi connectivity index (χ0v) is 9.51. The van der Waals surface area contributed by atoms with Gasteiger partial charge < -0.3 is 9.47 Å². The van der Waals surface area contributed by atoms with Crippen molar-refractivity contribution < 1.29 is 4.39 Å². The van der Waals surface area contributed by atoms with E-state index in [9.17, 15) is 4.39 Å². The van der Waals surface area contributed by atoms with E-state index in [4.69, 9.17) is 0 Å². The van der Waals surface area contributed by atoms with Crippen LogP contribution in [0, 0.1) is 5.82 Å². The van der Waals surface area contributed by atoms with Crippen LogP contribution in [-0.4, -0.2) is 22.6 Å². The molecule has 0 N–H and O–H groups in total. The highest BCUT2D eigenvalue weighted by Gasteiger charge is 2.14. The molecule has 1 aliphatic heterocycles. The molecular formula is C13H14FN3. The number of halogens is 1. The van der Waals surface area contributed by atoms with Crippen molar-refractivity contribution in [2.45, 2.75) is 12.8 Å². The molecule has 2 heterocycles. The highest BCUT2D eigenvalue weighted by Crippen LogP contribution is 2.24. The lowest BCUT2D eigenvalue weighted by Gasteiger charge is -2.18. The molecule has 1 saturated heterocycles. The zero-order valence-electron chi connectivity index (χ0n) is 9.51. The molecule has 3 nitrogen and oxygen atoms in total. The van der Waals surface area contributed by atoms with Crippen LogP contribution in [0.25, 0.3) is 5.69 Å². The molecule has 1 fully saturated rings. The van der Waals surface area contributed by atoms with Gasteiger partial charge in [0.25, 0.3) is 0 Å². The molecule has 0 unspecified atom stereocenters. The molecule has 4 heteroatoms. The number of nitrogens with zero attached hydrogens (tertiary/aromatic N) is 3. The Kier molecular flexibility index (Phi) is 2.55. The fourth-order valence-corrected chi connectivity index (χ4v) is 2.28. The van der Waals surface area contributed by atoms with Crippen LogP contribution >= 0.6 is 0 Å². The second kappa shape index (κ2) is 4.20. The predicted molar refractivity (Wildman–Crippen MR) is 65.0 cm³/mol. The molecule has 0 spiro atoms. The third-order valence-electron chi connectivity index (χ3n) is 3.19. The molecule has 1 aromatic heterocycles. The zero-order chi connectivity index (χ0) is 11.7. The van der Waals surface area contributed by atoms with Gasteiger partial charge in [-0.3, -0.25) is 0 Å². The molecule has 0 radical (unpaired) electrons. The highest BCUT2D eigenvalue weighted by molar-refractivity contribution is 5.52. The SMILES string of the molecule is Fc1cc(N2CCCC2)ccc1-n1ccnc1. The first-order valence-electron chi connectivity index (χ1n) is 5.87. The van der Waals surface area contributed by atoms with Gasteiger partial charge in [0.05, 0.1) is 12.0 Å². The summed E-state index contributed by atoms with van der Waals surface area (Å²) in [6, 6.07) is 5.40. The van der Waals surface area contributed by atoms with E-state index in [1.54, 1.807) is 29.4 Å². The summed E-state index contributed by atoms with van der Waals surface area (Å²) in [7, 11) is 0. The summed E-state index contributed by atoms with van der Waals surface area (Å²) >= 11 is 0. The van der Waals surface area contributed by atoms with E-state index in [1.165, 1.54) is 12.8 Å². The summed E-state index contributed by atoms with van der Waals surface area (Å²) in [4.78, 5) is 6.15. The van der Waals surface area contributed by atoms with Crippen molar-refractivity contribution in [1.29, 1.82) is 0 Å². The number of hydrogen-bond donors (Lipinski definition) is 0. The second-order valence-electron chi connectivity index (χ2n) is 4.30. The minimum atomic E-state index is -0.201. The molecule has 2 aromatic rings. The maximum Gasteiger partial charge on any atom is 0.149 e. The largest absolute Gasteiger partial charge is 0.371 e. The second-order valence-corrected chi connectivity index (χ2v) is 4.30. The van der Waals surface area contributed by atoms with Crippen LogP contribution in [0.1, 0.15) is 12.8 Å². The molecule has 1 aliphatic rings. The van der Waals surface area contributed by atoms with Gasteiger partial charge in [0.1, 0.15) is 5.82 Å². The Balaban J connectivity index is 1.94. The number of hydrogen-bond acceptors (Lipinski definition) is 2. The van der Waals surface area contributed by atoms with E-state index in [-0.39, 0.29) is 5.82 Å². The monoisotopic (exact) mass is 231 g/mol. The van der Waals surface area contributed by atoms with E-state index < -0.39 is 0 Å². The van der Waals surface area contributed by atoms with Gasteiger partial charge in [0.2, 0.25) is 0 Å². The van der Waals surface area contributed by atoms with Crippen molar-refractivity contribution >= 4 is 5.69 Å². The first kappa shape index (κ1) is 10.3. The molecule has 0 amide bonds. The van der Waals surface area contributed by atoms with Crippen LogP contribution in [0.3, 0.4) is 0 Å². The van der Waals surface area contributed by atoms with Gasteiger partial charge in [-0.15, -0.1) is 0 Å². The maximum atomic E-state index is 14.0. The van der Waals surface area contributed by atoms with E-state index in [0.29, 0.717) is 5.69 Å². The minimum absolute atomic E-state index is 0.201. The van der Waals surface area contributed by atoms with Crippen LogP contribution in [0.2, 0.25) is 0 Å². The van der Waals surface area contributed by atoms with Crippen molar-refractivity contribution in [3.8, 4) is 5.69 Å². The van der Waals surface area contributed by atoms with Crippen molar-refractivity contribution in [3.05, 3.63) is 42.7 Å². The lowest BCUT2D eigenvalue weighted by atomic mass is 10.2. The van der Waals surface area contributed by atoms with E-state index in [0.717, 1.165) is 18.8 Å². The summed E-state index contributed by atoms with van der Waals surface area (Å²) in [5, 5.41) is 0. The van der Waals surface area contributed by atoms with E-state index in [2.05, 4.69) is 9.88 Å². The van der Waals surface area contributed by atoms with Gasteiger partial charge in [-0.1, -0.05) is 0 Å². The molecular weight excluding hydrogens is 217 g/mol. The van der Waals surface area contributed by atoms with Crippen molar-refractivity contribution in [2.75, 3.05) is 18.0 Å². The number of anilines is 1. The van der Waals surface area contributed by atoms with Gasteiger partial charge in [0.15, 0.2) is 0 Å². The Morgan fingerprint density at radius 1 is 1.18 bits per heavy atom. The first-order chi connectivity index (χ1) is 8.34. The molecule has 0 saturated carbocycles. The molecule has 17 heavy (non-hydrogen) atoms. The smallest absolute Gasteiger partial charge is 0.149 e. The van der Waals surface area contributed by atoms with Crippen molar-refractivity contribution in [2.24, 2.45) is 0 Å². The minimum Gasteiger partial charge on any atom is -0.371 e. The molecule has 0 aliphatic carbocycles. The number of imidazole rings is 1. The Bertz CT molecular complexity index is 501. The molecule has 0 atom stereocenters. The Morgan fingerprint density at radius 3 is 2.65 bits per heavy atom. The summed E-state index contributed by atoms with van der Waals surface area (Å²) in [5.41, 5.74) is 1.52. The van der Waals surface area contributed by atoms with Crippen LogP contribution in [-0.2, 0) is 0 Å². The van der Waals surface area contributed by atoms with Crippen molar-refractivity contribution in [1.82, 2.24) is 9.55 Å². The third-order valence-corrected chi connectivity index (χ3v) is 3.19. The van der Waals surface area contributed by atoms with Crippen LogP contribution < -0.4 is 4.90 Å². The quantitative estimate of drug-likeness (QED) is 0.792. The normalized spacial score (nSPS) is 15.5. The Hall–Kier alpha value is -1.84. The standard InChI is InChI=1S/C13H14FN3/c14-12-9-11(16-6-1-2-7-16)3-4-13(12)17-8-5-15-10-17/h3-5,8-10H,1-2,6-7H2. The van der Waals surface area contributed by atoms with Crippen molar-refractivity contribution in [3.63, 3.8) is 0 Å². The van der Waals surface area contributed by atoms with E-state index in [1.807, 2.05) is 12.1 Å². The summed E-state index contributed by atoms with van der Waals surface area (Å²) in [6.07, 6.45) is 7.39. The van der Waals surface area contributed by atoms with Gasteiger partial charge in [-0.2, -0.15) is 0 Å². The average molecular weight is 231 g/mol. The number of benzene rings is 1. The average Bonchev–Trinajstić information content (AvgIpc) is 3.02. The topological polar surface area (TPSA) is 21.1 Å². The Morgan fingerprint density at radius 2 is 2.00 bits per heavy atom. The lowest BCUT2D eigenvalue weighted by Crippen LogP contribution is -2.17. The summed E-state index contributed by atoms with van der Waals surface area (Å²) < 4.78 is 15.7. The highest BCUT2D eigenvalue weighted by atomic mass is 19.1. The third kappa shape index (κ3) is 1.90. The predicted octanol–water partition coefficient (Wildman–Crippen LogP) is 2.61. The summed E-state index contributed by atoms with van der Waals surface area (Å²) in [5.74, 6) is -0.201. The molecule has 88 valence electrons. The fourth-order valence-electron chi connectivity index (χ4n) is 2.28. The van der Waals surface area contributed by atoms with Gasteiger partial charge in [0, 0.05) is 31.2 Å². The maximum absolute atomic E-state index is 14.0. The van der Waals surface area contributed by atoms with Crippen LogP contribution in [0.15, 0.2) is 36.9 Å². The van der Waals surface area contributed by atoms with Gasteiger partial charge in [-0.25, -0.2) is 9.37 Å². The van der Waals surface area contributed by atoms with Gasteiger partial charge >= 0.3 is 0 Å². The molecule has 3 rings (SSSR count). The fraction of sp³-hybridized carbons (Fsp3) is 0.308. The Labute approximate surface area is 99.5 Å². The molecule has 0 bridgehead atoms. The number of aromatic nitrogens is 2. The van der Waals surface area contributed by atoms with Crippen LogP contribution in [0.4, 0.5) is 10.1 Å². The van der Waals surface area contributed by atoms with Crippen LogP contribution in [0.5, 0.6) is 0 Å². The molecule has 1 aromatic carbocycles.